The summed E-state index contributed by atoms with van der Waals surface area (Å²) in [5.41, 5.74) is 6.84. The van der Waals surface area contributed by atoms with E-state index in [1.54, 1.807) is 0 Å². The largest absolute Gasteiger partial charge is 0.461 e. The van der Waals surface area contributed by atoms with Crippen LogP contribution in [0.15, 0.2) is 42.5 Å². The molecule has 0 spiro atoms. The Morgan fingerprint density at radius 1 is 1.04 bits per heavy atom. The van der Waals surface area contributed by atoms with Gasteiger partial charge in [0.05, 0.1) is 17.7 Å². The number of halogens is 5. The number of alkyl halides is 4. The zero-order chi connectivity index (χ0) is 17.9. The first-order valence-electron chi connectivity index (χ1n) is 6.64. The molecule has 0 saturated carbocycles. The van der Waals surface area contributed by atoms with Crippen LogP contribution in [0, 0.1) is 17.1 Å². The van der Waals surface area contributed by atoms with Crippen molar-refractivity contribution in [3.63, 3.8) is 0 Å². The Bertz CT molecular complexity index is 756. The summed E-state index contributed by atoms with van der Waals surface area (Å²) in [6.07, 6.45) is -8.81. The first kappa shape index (κ1) is 17.7. The van der Waals surface area contributed by atoms with Crippen molar-refractivity contribution in [1.29, 1.82) is 5.26 Å². The van der Waals surface area contributed by atoms with Crippen molar-refractivity contribution in [2.45, 2.75) is 18.6 Å². The third-order valence-electron chi connectivity index (χ3n) is 3.16. The third-order valence-corrected chi connectivity index (χ3v) is 3.16. The lowest BCUT2D eigenvalue weighted by Gasteiger charge is -2.19. The Balaban J connectivity index is 2.31. The maximum absolute atomic E-state index is 13.6. The van der Waals surface area contributed by atoms with Gasteiger partial charge in [0.15, 0.2) is 0 Å². The van der Waals surface area contributed by atoms with Gasteiger partial charge in [0.1, 0.15) is 11.6 Å². The highest BCUT2D eigenvalue weighted by molar-refractivity contribution is 5.39. The van der Waals surface area contributed by atoms with Gasteiger partial charge < -0.3 is 10.5 Å². The molecule has 2 aromatic rings. The van der Waals surface area contributed by atoms with Crippen molar-refractivity contribution < 1.29 is 26.7 Å². The van der Waals surface area contributed by atoms with E-state index in [1.165, 1.54) is 24.3 Å². The van der Waals surface area contributed by atoms with Gasteiger partial charge in [0.25, 0.3) is 0 Å². The van der Waals surface area contributed by atoms with Crippen LogP contribution >= 0.6 is 0 Å². The van der Waals surface area contributed by atoms with Gasteiger partial charge in [0.2, 0.25) is 0 Å². The van der Waals surface area contributed by atoms with Gasteiger partial charge in [-0.05, 0) is 35.4 Å². The molecule has 0 aliphatic carbocycles. The number of hydrogen-bond acceptors (Lipinski definition) is 3. The smallest absolute Gasteiger partial charge is 0.428 e. The summed E-state index contributed by atoms with van der Waals surface area (Å²) in [5.74, 6) is -1.73. The zero-order valence-corrected chi connectivity index (χ0v) is 12.0. The number of benzene rings is 2. The van der Waals surface area contributed by atoms with Gasteiger partial charge in [-0.25, -0.2) is 4.39 Å². The van der Waals surface area contributed by atoms with Crippen molar-refractivity contribution in [2.75, 3.05) is 0 Å². The molecule has 0 aromatic heterocycles. The van der Waals surface area contributed by atoms with Crippen LogP contribution in [0.3, 0.4) is 0 Å². The van der Waals surface area contributed by atoms with E-state index >= 15 is 0 Å². The molecule has 2 aromatic carbocycles. The fraction of sp³-hybridized carbons (Fsp3) is 0.188. The number of nitrogens with two attached hydrogens (primary N) is 1. The van der Waals surface area contributed by atoms with E-state index in [0.717, 1.165) is 12.1 Å². The van der Waals surface area contributed by atoms with Gasteiger partial charge in [-0.1, -0.05) is 12.1 Å². The second-order valence-electron chi connectivity index (χ2n) is 4.90. The predicted octanol–water partition coefficient (Wildman–Crippen LogP) is 3.98. The average molecular weight is 342 g/mol. The highest BCUT2D eigenvalue weighted by Gasteiger charge is 2.44. The van der Waals surface area contributed by atoms with E-state index in [4.69, 9.17) is 11.0 Å². The van der Waals surface area contributed by atoms with Crippen LogP contribution in [-0.2, 0) is 0 Å². The van der Waals surface area contributed by atoms with E-state index in [0.29, 0.717) is 17.2 Å². The van der Waals surface area contributed by atoms with Crippen LogP contribution < -0.4 is 10.5 Å². The molecule has 0 aliphatic heterocycles. The molecule has 24 heavy (non-hydrogen) atoms. The Kier molecular flexibility index (Phi) is 5.04. The Morgan fingerprint density at radius 2 is 1.67 bits per heavy atom. The number of nitriles is 1. The molecule has 2 rings (SSSR count). The molecule has 0 heterocycles. The van der Waals surface area contributed by atoms with Crippen molar-refractivity contribution >= 4 is 0 Å². The molecule has 0 saturated heterocycles. The van der Waals surface area contributed by atoms with E-state index in [2.05, 4.69) is 4.74 Å². The minimum atomic E-state index is -4.75. The summed E-state index contributed by atoms with van der Waals surface area (Å²) < 4.78 is 67.7. The van der Waals surface area contributed by atoms with Gasteiger partial charge in [-0.15, -0.1) is 0 Å². The first-order chi connectivity index (χ1) is 11.2. The molecule has 0 amide bonds. The standard InChI is InChI=1S/C16H11F5N2O/c17-12-5-11(6-13(7-12)24-16(20,21)15(18)19)14(23)10-3-1-9(8-22)2-4-10/h1-7,14-15H,23H2/t14-/m1/s1. The Labute approximate surface area is 134 Å². The van der Waals surface area contributed by atoms with Crippen molar-refractivity contribution in [1.82, 2.24) is 0 Å². The third kappa shape index (κ3) is 4.00. The fourth-order valence-electron chi connectivity index (χ4n) is 1.98. The molecule has 0 unspecified atom stereocenters. The zero-order valence-electron chi connectivity index (χ0n) is 12.0. The van der Waals surface area contributed by atoms with Crippen LogP contribution in [0.1, 0.15) is 22.7 Å². The summed E-state index contributed by atoms with van der Waals surface area (Å²) in [6, 6.07) is 9.49. The van der Waals surface area contributed by atoms with E-state index in [9.17, 15) is 22.0 Å². The van der Waals surface area contributed by atoms with Crippen molar-refractivity contribution in [3.05, 3.63) is 65.0 Å². The molecule has 8 heteroatoms. The van der Waals surface area contributed by atoms with E-state index in [-0.39, 0.29) is 5.56 Å². The van der Waals surface area contributed by atoms with Crippen molar-refractivity contribution in [2.24, 2.45) is 5.73 Å². The molecular weight excluding hydrogens is 331 g/mol. The topological polar surface area (TPSA) is 59.0 Å². The highest BCUT2D eigenvalue weighted by Crippen LogP contribution is 2.31. The summed E-state index contributed by atoms with van der Waals surface area (Å²) in [4.78, 5) is 0. The van der Waals surface area contributed by atoms with Crippen LogP contribution in [0.25, 0.3) is 0 Å². The van der Waals surface area contributed by atoms with E-state index < -0.39 is 30.1 Å². The highest BCUT2D eigenvalue weighted by atomic mass is 19.3. The quantitative estimate of drug-likeness (QED) is 0.836. The normalized spacial score (nSPS) is 12.8. The molecule has 0 fully saturated rings. The Morgan fingerprint density at radius 3 is 2.21 bits per heavy atom. The maximum Gasteiger partial charge on any atom is 0.461 e. The van der Waals surface area contributed by atoms with Crippen LogP contribution in [0.4, 0.5) is 22.0 Å². The molecule has 3 nitrogen and oxygen atoms in total. The second kappa shape index (κ2) is 6.84. The number of rotatable bonds is 5. The Hall–Kier alpha value is -2.66. The molecule has 2 N–H and O–H groups in total. The molecular formula is C16H11F5N2O. The summed E-state index contributed by atoms with van der Waals surface area (Å²) in [7, 11) is 0. The molecule has 1 atom stereocenters. The van der Waals surface area contributed by atoms with Gasteiger partial charge in [-0.2, -0.15) is 22.8 Å². The molecule has 126 valence electrons. The van der Waals surface area contributed by atoms with Gasteiger partial charge >= 0.3 is 12.5 Å². The number of nitrogens with zero attached hydrogens (tertiary/aromatic N) is 1. The summed E-state index contributed by atoms with van der Waals surface area (Å²) in [6.45, 7) is 0. The lowest BCUT2D eigenvalue weighted by Crippen LogP contribution is -2.33. The fourth-order valence-corrected chi connectivity index (χ4v) is 1.98. The van der Waals surface area contributed by atoms with Crippen molar-refractivity contribution in [3.8, 4) is 11.8 Å². The van der Waals surface area contributed by atoms with Gasteiger partial charge in [0, 0.05) is 6.07 Å². The number of hydrogen-bond donors (Lipinski definition) is 1. The first-order valence-corrected chi connectivity index (χ1v) is 6.64. The average Bonchev–Trinajstić information content (AvgIpc) is 2.53. The monoisotopic (exact) mass is 342 g/mol. The molecule has 0 aliphatic rings. The lowest BCUT2D eigenvalue weighted by molar-refractivity contribution is -0.253. The number of ether oxygens (including phenoxy) is 1. The molecule has 0 bridgehead atoms. The van der Waals surface area contributed by atoms with Crippen LogP contribution in [-0.4, -0.2) is 12.5 Å². The summed E-state index contributed by atoms with van der Waals surface area (Å²) >= 11 is 0. The van der Waals surface area contributed by atoms with Crippen LogP contribution in [0.2, 0.25) is 0 Å². The lowest BCUT2D eigenvalue weighted by atomic mass is 9.98. The van der Waals surface area contributed by atoms with Crippen LogP contribution in [0.5, 0.6) is 5.75 Å². The van der Waals surface area contributed by atoms with E-state index in [1.807, 2.05) is 6.07 Å². The second-order valence-corrected chi connectivity index (χ2v) is 4.90. The van der Waals surface area contributed by atoms with Gasteiger partial charge in [-0.3, -0.25) is 0 Å². The SMILES string of the molecule is N#Cc1ccc([C@@H](N)c2cc(F)cc(OC(F)(F)C(F)F)c2)cc1. The molecule has 0 radical (unpaired) electrons. The minimum Gasteiger partial charge on any atom is -0.428 e. The minimum absolute atomic E-state index is 0.0553. The predicted molar refractivity (Wildman–Crippen MR) is 75.2 cm³/mol. The maximum atomic E-state index is 13.6. The summed E-state index contributed by atoms with van der Waals surface area (Å²) in [5, 5.41) is 8.73.